The van der Waals surface area contributed by atoms with E-state index in [-0.39, 0.29) is 29.1 Å². The smallest absolute Gasteiger partial charge is 0.246 e. The topological polar surface area (TPSA) is 72.6 Å². The van der Waals surface area contributed by atoms with E-state index in [0.29, 0.717) is 25.4 Å². The van der Waals surface area contributed by atoms with Crippen LogP contribution >= 0.6 is 12.4 Å². The van der Waals surface area contributed by atoms with Crippen LogP contribution in [0.2, 0.25) is 0 Å². The molecule has 2 N–H and O–H groups in total. The van der Waals surface area contributed by atoms with Crippen LogP contribution in [-0.4, -0.2) is 39.5 Å². The van der Waals surface area contributed by atoms with E-state index in [1.807, 2.05) is 43.3 Å². The third-order valence-corrected chi connectivity index (χ3v) is 6.73. The summed E-state index contributed by atoms with van der Waals surface area (Å²) in [7, 11) is -2.15. The molecule has 1 aliphatic heterocycles. The van der Waals surface area contributed by atoms with Crippen LogP contribution in [0.3, 0.4) is 0 Å². The maximum Gasteiger partial charge on any atom is 0.246 e. The largest absolute Gasteiger partial charge is 0.495 e. The highest BCUT2D eigenvalue weighted by molar-refractivity contribution is 7.89. The zero-order valence-corrected chi connectivity index (χ0v) is 16.6. The van der Waals surface area contributed by atoms with Gasteiger partial charge in [-0.2, -0.15) is 4.31 Å². The van der Waals surface area contributed by atoms with E-state index >= 15 is 0 Å². The highest BCUT2D eigenvalue weighted by atomic mass is 35.5. The van der Waals surface area contributed by atoms with Crippen LogP contribution in [-0.2, 0) is 10.0 Å². The zero-order valence-electron chi connectivity index (χ0n) is 15.0. The molecule has 2 aromatic rings. The molecule has 7 heteroatoms. The fourth-order valence-corrected chi connectivity index (χ4v) is 5.23. The van der Waals surface area contributed by atoms with E-state index in [1.54, 1.807) is 16.4 Å². The molecule has 0 aliphatic carbocycles. The summed E-state index contributed by atoms with van der Waals surface area (Å²) in [6.07, 6.45) is 0. The molecule has 1 aliphatic rings. The SMILES string of the molecule is COc1ccc(C)cc1S(=O)(=O)N1C[C@@H](CN)[C@H](c2ccccc2)C1.Cl. The first-order valence-corrected chi connectivity index (χ1v) is 9.81. The van der Waals surface area contributed by atoms with Crippen molar-refractivity contribution in [3.63, 3.8) is 0 Å². The Morgan fingerprint density at radius 2 is 1.85 bits per heavy atom. The minimum absolute atomic E-state index is 0. The van der Waals surface area contributed by atoms with Crippen LogP contribution in [0.1, 0.15) is 17.0 Å². The third kappa shape index (κ3) is 3.88. The van der Waals surface area contributed by atoms with Crippen molar-refractivity contribution in [1.82, 2.24) is 4.31 Å². The Labute approximate surface area is 161 Å². The summed E-state index contributed by atoms with van der Waals surface area (Å²) >= 11 is 0. The van der Waals surface area contributed by atoms with Gasteiger partial charge in [-0.25, -0.2) is 8.42 Å². The van der Waals surface area contributed by atoms with Crippen molar-refractivity contribution in [2.45, 2.75) is 17.7 Å². The van der Waals surface area contributed by atoms with Crippen molar-refractivity contribution < 1.29 is 13.2 Å². The van der Waals surface area contributed by atoms with Gasteiger partial charge in [0.15, 0.2) is 0 Å². The van der Waals surface area contributed by atoms with Crippen LogP contribution in [0.5, 0.6) is 5.75 Å². The lowest BCUT2D eigenvalue weighted by molar-refractivity contribution is 0.397. The third-order valence-electron chi connectivity index (χ3n) is 4.87. The first-order chi connectivity index (χ1) is 12.0. The minimum Gasteiger partial charge on any atom is -0.495 e. The number of sulfonamides is 1. The highest BCUT2D eigenvalue weighted by Crippen LogP contribution is 2.37. The Balaban J connectivity index is 0.00000243. The van der Waals surface area contributed by atoms with Gasteiger partial charge in [0.05, 0.1) is 7.11 Å². The fraction of sp³-hybridized carbons (Fsp3) is 0.368. The van der Waals surface area contributed by atoms with Gasteiger partial charge < -0.3 is 10.5 Å². The highest BCUT2D eigenvalue weighted by Gasteiger charge is 2.40. The van der Waals surface area contributed by atoms with E-state index < -0.39 is 10.0 Å². The van der Waals surface area contributed by atoms with E-state index in [2.05, 4.69) is 0 Å². The zero-order chi connectivity index (χ0) is 18.0. The Bertz CT molecular complexity index is 843. The maximum atomic E-state index is 13.2. The number of aryl methyl sites for hydroxylation is 1. The molecular weight excluding hydrogens is 372 g/mol. The molecule has 1 heterocycles. The molecule has 2 aromatic carbocycles. The number of hydrogen-bond donors (Lipinski definition) is 1. The Hall–Kier alpha value is -1.60. The fourth-order valence-electron chi connectivity index (χ4n) is 3.47. The van der Waals surface area contributed by atoms with Crippen molar-refractivity contribution in [2.24, 2.45) is 11.7 Å². The molecule has 0 radical (unpaired) electrons. The van der Waals surface area contributed by atoms with Gasteiger partial charge in [-0.05, 0) is 42.6 Å². The second kappa shape index (κ2) is 8.39. The summed E-state index contributed by atoms with van der Waals surface area (Å²) < 4.78 is 33.2. The van der Waals surface area contributed by atoms with Crippen LogP contribution in [0.4, 0.5) is 0 Å². The minimum atomic E-state index is -3.64. The molecular formula is C19H25ClN2O3S. The van der Waals surface area contributed by atoms with E-state index in [4.69, 9.17) is 10.5 Å². The molecule has 0 amide bonds. The first kappa shape index (κ1) is 20.7. The van der Waals surface area contributed by atoms with Crippen molar-refractivity contribution in [1.29, 1.82) is 0 Å². The molecule has 142 valence electrons. The van der Waals surface area contributed by atoms with Crippen molar-refractivity contribution in [3.05, 3.63) is 59.7 Å². The van der Waals surface area contributed by atoms with Gasteiger partial charge in [-0.15, -0.1) is 12.4 Å². The summed E-state index contributed by atoms with van der Waals surface area (Å²) in [6, 6.07) is 15.2. The lowest BCUT2D eigenvalue weighted by Gasteiger charge is -2.19. The summed E-state index contributed by atoms with van der Waals surface area (Å²) in [5.74, 6) is 0.586. The quantitative estimate of drug-likeness (QED) is 0.843. The molecule has 26 heavy (non-hydrogen) atoms. The van der Waals surface area contributed by atoms with Gasteiger partial charge in [-0.3, -0.25) is 0 Å². The van der Waals surface area contributed by atoms with E-state index in [0.717, 1.165) is 11.1 Å². The summed E-state index contributed by atoms with van der Waals surface area (Å²) in [5.41, 5.74) is 7.95. The molecule has 3 rings (SSSR count). The van der Waals surface area contributed by atoms with Crippen molar-refractivity contribution in [2.75, 3.05) is 26.7 Å². The monoisotopic (exact) mass is 396 g/mol. The Morgan fingerprint density at radius 3 is 2.46 bits per heavy atom. The average molecular weight is 397 g/mol. The van der Waals surface area contributed by atoms with Crippen molar-refractivity contribution in [3.8, 4) is 5.75 Å². The number of hydrogen-bond acceptors (Lipinski definition) is 4. The molecule has 5 nitrogen and oxygen atoms in total. The number of benzene rings is 2. The second-order valence-corrected chi connectivity index (χ2v) is 8.40. The van der Waals surface area contributed by atoms with Gasteiger partial charge >= 0.3 is 0 Å². The van der Waals surface area contributed by atoms with Gasteiger partial charge in [0.2, 0.25) is 10.0 Å². The number of ether oxygens (including phenoxy) is 1. The molecule has 0 spiro atoms. The number of methoxy groups -OCH3 is 1. The number of nitrogens with zero attached hydrogens (tertiary/aromatic N) is 1. The molecule has 0 bridgehead atoms. The predicted molar refractivity (Wildman–Crippen MR) is 105 cm³/mol. The predicted octanol–water partition coefficient (Wildman–Crippen LogP) is 2.79. The van der Waals surface area contributed by atoms with Gasteiger partial charge in [0.25, 0.3) is 0 Å². The summed E-state index contributed by atoms with van der Waals surface area (Å²) in [5, 5.41) is 0. The lowest BCUT2D eigenvalue weighted by atomic mass is 9.89. The van der Waals surface area contributed by atoms with E-state index in [9.17, 15) is 8.42 Å². The maximum absolute atomic E-state index is 13.2. The van der Waals surface area contributed by atoms with Gasteiger partial charge in [0.1, 0.15) is 10.6 Å². The van der Waals surface area contributed by atoms with Gasteiger partial charge in [0, 0.05) is 19.0 Å². The molecule has 0 aromatic heterocycles. The number of halogens is 1. The average Bonchev–Trinajstić information content (AvgIpc) is 3.07. The second-order valence-electron chi connectivity index (χ2n) is 6.49. The summed E-state index contributed by atoms with van der Waals surface area (Å²) in [6.45, 7) is 3.19. The first-order valence-electron chi connectivity index (χ1n) is 8.37. The Kier molecular flexibility index (Phi) is 6.69. The van der Waals surface area contributed by atoms with Crippen LogP contribution in [0, 0.1) is 12.8 Å². The standard InChI is InChI=1S/C19H24N2O3S.ClH/c1-14-8-9-18(24-2)19(10-14)25(22,23)21-12-16(11-20)17(13-21)15-6-4-3-5-7-15;/h3-10,16-17H,11-13,20H2,1-2H3;1H/t16-,17+;/m1./s1. The van der Waals surface area contributed by atoms with Gasteiger partial charge in [-0.1, -0.05) is 36.4 Å². The van der Waals surface area contributed by atoms with Crippen LogP contribution in [0.15, 0.2) is 53.4 Å². The van der Waals surface area contributed by atoms with Crippen LogP contribution in [0.25, 0.3) is 0 Å². The molecule has 1 fully saturated rings. The normalized spacial score (nSPS) is 20.6. The molecule has 1 saturated heterocycles. The molecule has 0 saturated carbocycles. The molecule has 2 atom stereocenters. The van der Waals surface area contributed by atoms with Crippen LogP contribution < -0.4 is 10.5 Å². The molecule has 0 unspecified atom stereocenters. The summed E-state index contributed by atoms with van der Waals surface area (Å²) in [4.78, 5) is 0.222. The van der Waals surface area contributed by atoms with E-state index in [1.165, 1.54) is 7.11 Å². The lowest BCUT2D eigenvalue weighted by Crippen LogP contribution is -2.30. The van der Waals surface area contributed by atoms with Crippen molar-refractivity contribution >= 4 is 22.4 Å². The number of rotatable bonds is 5. The number of nitrogens with two attached hydrogens (primary N) is 1. The Morgan fingerprint density at radius 1 is 1.15 bits per heavy atom.